The molecule has 1 aromatic heterocycles. The first-order valence-electron chi connectivity index (χ1n) is 6.17. The van der Waals surface area contributed by atoms with Crippen molar-refractivity contribution in [2.45, 2.75) is 19.3 Å². The lowest BCUT2D eigenvalue weighted by Gasteiger charge is -2.04. The minimum absolute atomic E-state index is 0.0827. The third kappa shape index (κ3) is 6.97. The van der Waals surface area contributed by atoms with Crippen molar-refractivity contribution in [2.75, 3.05) is 33.4 Å². The molecule has 1 rings (SSSR count). The van der Waals surface area contributed by atoms with E-state index in [2.05, 4.69) is 26.0 Å². The van der Waals surface area contributed by atoms with Crippen LogP contribution in [0.4, 0.5) is 0 Å². The van der Waals surface area contributed by atoms with Crippen LogP contribution in [0.5, 0.6) is 0 Å². The first-order valence-corrected chi connectivity index (χ1v) is 6.17. The van der Waals surface area contributed by atoms with Gasteiger partial charge in [-0.15, -0.1) is 5.10 Å². The summed E-state index contributed by atoms with van der Waals surface area (Å²) in [5.41, 5.74) is 0.969. The van der Waals surface area contributed by atoms with E-state index < -0.39 is 0 Å². The molecule has 0 saturated carbocycles. The normalized spacial score (nSPS) is 10.5. The second-order valence-corrected chi connectivity index (χ2v) is 3.90. The Balaban J connectivity index is 1.80. The number of rotatable bonds is 10. The Kier molecular flexibility index (Phi) is 7.74. The lowest BCUT2D eigenvalue weighted by Crippen LogP contribution is -2.23. The van der Waals surface area contributed by atoms with Gasteiger partial charge in [0.05, 0.1) is 5.69 Å². The van der Waals surface area contributed by atoms with Crippen LogP contribution in [0.15, 0.2) is 6.20 Å². The molecular weight excluding hydrogens is 234 g/mol. The van der Waals surface area contributed by atoms with Crippen LogP contribution in [-0.2, 0) is 16.0 Å². The number of aromatic amines is 1. The SMILES string of the molecule is CNC(=O)COCCCCNCCc1c[nH]nn1. The Hall–Kier alpha value is -1.47. The number of carbonyl (C=O) groups is 1. The van der Waals surface area contributed by atoms with Gasteiger partial charge in [-0.1, -0.05) is 5.21 Å². The molecule has 0 radical (unpaired) electrons. The van der Waals surface area contributed by atoms with Crippen LogP contribution in [0, 0.1) is 0 Å². The summed E-state index contributed by atoms with van der Waals surface area (Å²) in [6.07, 6.45) is 4.67. The largest absolute Gasteiger partial charge is 0.372 e. The molecule has 0 aliphatic heterocycles. The van der Waals surface area contributed by atoms with Gasteiger partial charge >= 0.3 is 0 Å². The molecule has 1 heterocycles. The number of amides is 1. The third-order valence-corrected chi connectivity index (χ3v) is 2.43. The number of nitrogens with one attached hydrogen (secondary N) is 3. The van der Waals surface area contributed by atoms with Crippen molar-refractivity contribution >= 4 is 5.91 Å². The van der Waals surface area contributed by atoms with Gasteiger partial charge in [0.1, 0.15) is 6.61 Å². The number of hydrogen-bond donors (Lipinski definition) is 3. The molecule has 0 saturated heterocycles. The van der Waals surface area contributed by atoms with Crippen LogP contribution in [0.3, 0.4) is 0 Å². The first kappa shape index (κ1) is 14.6. The van der Waals surface area contributed by atoms with Gasteiger partial charge in [0, 0.05) is 32.8 Å². The fourth-order valence-corrected chi connectivity index (χ4v) is 1.38. The summed E-state index contributed by atoms with van der Waals surface area (Å²) >= 11 is 0. The van der Waals surface area contributed by atoms with Crippen molar-refractivity contribution < 1.29 is 9.53 Å². The molecule has 102 valence electrons. The van der Waals surface area contributed by atoms with Crippen molar-refractivity contribution in [1.82, 2.24) is 26.0 Å². The molecule has 18 heavy (non-hydrogen) atoms. The molecule has 1 aromatic rings. The molecule has 7 nitrogen and oxygen atoms in total. The predicted octanol–water partition coefficient (Wildman–Crippen LogP) is -0.520. The predicted molar refractivity (Wildman–Crippen MR) is 67.1 cm³/mol. The van der Waals surface area contributed by atoms with Crippen molar-refractivity contribution in [3.8, 4) is 0 Å². The monoisotopic (exact) mass is 255 g/mol. The molecule has 0 spiro atoms. The highest BCUT2D eigenvalue weighted by Gasteiger charge is 1.97. The van der Waals surface area contributed by atoms with Gasteiger partial charge in [0.25, 0.3) is 0 Å². The average Bonchev–Trinajstić information content (AvgIpc) is 2.89. The molecule has 0 aliphatic carbocycles. The van der Waals surface area contributed by atoms with E-state index in [0.717, 1.165) is 38.0 Å². The lowest BCUT2D eigenvalue weighted by molar-refractivity contribution is -0.125. The standard InChI is InChI=1S/C11H21N5O2/c1-12-11(17)9-18-7-3-2-5-13-6-4-10-8-14-16-15-10/h8,13H,2-7,9H2,1H3,(H,12,17)(H,14,15,16). The zero-order valence-electron chi connectivity index (χ0n) is 10.7. The highest BCUT2D eigenvalue weighted by atomic mass is 16.5. The van der Waals surface area contributed by atoms with E-state index in [4.69, 9.17) is 4.74 Å². The minimum Gasteiger partial charge on any atom is -0.372 e. The second kappa shape index (κ2) is 9.55. The number of aromatic nitrogens is 3. The molecule has 0 atom stereocenters. The fraction of sp³-hybridized carbons (Fsp3) is 0.727. The van der Waals surface area contributed by atoms with Gasteiger partial charge in [0.2, 0.25) is 5.91 Å². The van der Waals surface area contributed by atoms with Crippen LogP contribution in [0.1, 0.15) is 18.5 Å². The molecule has 1 amide bonds. The number of nitrogens with zero attached hydrogens (tertiary/aromatic N) is 2. The van der Waals surface area contributed by atoms with Gasteiger partial charge in [-0.2, -0.15) is 0 Å². The van der Waals surface area contributed by atoms with E-state index in [9.17, 15) is 4.79 Å². The first-order chi connectivity index (χ1) is 8.83. The van der Waals surface area contributed by atoms with Crippen LogP contribution < -0.4 is 10.6 Å². The van der Waals surface area contributed by atoms with Crippen molar-refractivity contribution in [1.29, 1.82) is 0 Å². The van der Waals surface area contributed by atoms with E-state index in [1.54, 1.807) is 13.2 Å². The van der Waals surface area contributed by atoms with E-state index in [1.165, 1.54) is 0 Å². The zero-order valence-corrected chi connectivity index (χ0v) is 10.7. The maximum absolute atomic E-state index is 10.8. The molecule has 7 heteroatoms. The number of ether oxygens (including phenoxy) is 1. The summed E-state index contributed by atoms with van der Waals surface area (Å²) in [4.78, 5) is 10.8. The molecule has 3 N–H and O–H groups in total. The summed E-state index contributed by atoms with van der Waals surface area (Å²) in [5, 5.41) is 16.0. The van der Waals surface area contributed by atoms with Gasteiger partial charge in [-0.05, 0) is 19.4 Å². The topological polar surface area (TPSA) is 91.9 Å². The van der Waals surface area contributed by atoms with Gasteiger partial charge in [0.15, 0.2) is 0 Å². The molecule has 0 fully saturated rings. The number of hydrogen-bond acceptors (Lipinski definition) is 5. The second-order valence-electron chi connectivity index (χ2n) is 3.90. The summed E-state index contributed by atoms with van der Waals surface area (Å²) in [6, 6.07) is 0. The number of carbonyl (C=O) groups excluding carboxylic acids is 1. The number of likely N-dealkylation sites (N-methyl/N-ethyl adjacent to an activating group) is 1. The van der Waals surface area contributed by atoms with Crippen LogP contribution in [0.25, 0.3) is 0 Å². The van der Waals surface area contributed by atoms with E-state index in [0.29, 0.717) is 6.61 Å². The van der Waals surface area contributed by atoms with Crippen LogP contribution in [0.2, 0.25) is 0 Å². The Morgan fingerprint density at radius 2 is 2.33 bits per heavy atom. The van der Waals surface area contributed by atoms with Crippen LogP contribution in [-0.4, -0.2) is 54.7 Å². The van der Waals surface area contributed by atoms with E-state index in [1.807, 2.05) is 0 Å². The Bertz CT molecular complexity index is 315. The molecule has 0 bridgehead atoms. The Labute approximate surface area is 107 Å². The average molecular weight is 255 g/mol. The smallest absolute Gasteiger partial charge is 0.245 e. The van der Waals surface area contributed by atoms with Gasteiger partial charge < -0.3 is 15.4 Å². The van der Waals surface area contributed by atoms with Crippen LogP contribution >= 0.6 is 0 Å². The molecule has 0 aromatic carbocycles. The Morgan fingerprint density at radius 3 is 3.06 bits per heavy atom. The van der Waals surface area contributed by atoms with E-state index in [-0.39, 0.29) is 12.5 Å². The van der Waals surface area contributed by atoms with Crippen molar-refractivity contribution in [2.24, 2.45) is 0 Å². The van der Waals surface area contributed by atoms with Crippen molar-refractivity contribution in [3.05, 3.63) is 11.9 Å². The molecule has 0 unspecified atom stereocenters. The maximum atomic E-state index is 10.8. The zero-order chi connectivity index (χ0) is 13.1. The molecule has 0 aliphatic rings. The minimum atomic E-state index is -0.0827. The van der Waals surface area contributed by atoms with Crippen molar-refractivity contribution in [3.63, 3.8) is 0 Å². The van der Waals surface area contributed by atoms with Gasteiger partial charge in [-0.25, -0.2) is 0 Å². The van der Waals surface area contributed by atoms with E-state index >= 15 is 0 Å². The summed E-state index contributed by atoms with van der Waals surface area (Å²) in [6.45, 7) is 2.61. The summed E-state index contributed by atoms with van der Waals surface area (Å²) in [7, 11) is 1.60. The highest BCUT2D eigenvalue weighted by Crippen LogP contribution is 1.91. The lowest BCUT2D eigenvalue weighted by atomic mass is 10.3. The Morgan fingerprint density at radius 1 is 1.44 bits per heavy atom. The maximum Gasteiger partial charge on any atom is 0.245 e. The molecular formula is C11H21N5O2. The summed E-state index contributed by atoms with van der Waals surface area (Å²) < 4.78 is 5.19. The summed E-state index contributed by atoms with van der Waals surface area (Å²) in [5.74, 6) is -0.0827. The highest BCUT2D eigenvalue weighted by molar-refractivity contribution is 5.76. The number of unbranched alkanes of at least 4 members (excludes halogenated alkanes) is 1. The fourth-order valence-electron chi connectivity index (χ4n) is 1.38. The number of H-pyrrole nitrogens is 1. The third-order valence-electron chi connectivity index (χ3n) is 2.43. The quantitative estimate of drug-likeness (QED) is 0.489. The van der Waals surface area contributed by atoms with Gasteiger partial charge in [-0.3, -0.25) is 9.89 Å².